The van der Waals surface area contributed by atoms with E-state index in [0.717, 1.165) is 19.6 Å². The van der Waals surface area contributed by atoms with Crippen molar-refractivity contribution >= 4 is 17.9 Å². The molecular formula is C8H19N2O7PS. The van der Waals surface area contributed by atoms with Gasteiger partial charge in [0.1, 0.15) is 6.20 Å². The molecule has 0 spiro atoms. The first-order chi connectivity index (χ1) is 8.47. The van der Waals surface area contributed by atoms with Crippen molar-refractivity contribution in [2.45, 2.75) is 12.8 Å². The molecule has 0 saturated heterocycles. The molecule has 1 aliphatic heterocycles. The Kier molecular flexibility index (Phi) is 7.75. The van der Waals surface area contributed by atoms with Gasteiger partial charge >= 0.3 is 0 Å². The first kappa shape index (κ1) is 18.5. The molecule has 11 heteroatoms. The van der Waals surface area contributed by atoms with Crippen LogP contribution in [0.2, 0.25) is 0 Å². The minimum absolute atomic E-state index is 0.132. The second-order valence-electron chi connectivity index (χ2n) is 4.12. The number of hydrogen-bond acceptors (Lipinski definition) is 5. The van der Waals surface area contributed by atoms with Crippen LogP contribution in [0, 0.1) is 0 Å². The predicted octanol–water partition coefficient (Wildman–Crippen LogP) is -2.65. The third-order valence-electron chi connectivity index (χ3n) is 2.12. The fourth-order valence-corrected chi connectivity index (χ4v) is 1.98. The molecule has 1 rings (SSSR count). The van der Waals surface area contributed by atoms with Crippen molar-refractivity contribution in [2.75, 3.05) is 26.0 Å². The molecule has 1 heterocycles. The van der Waals surface area contributed by atoms with Crippen molar-refractivity contribution in [3.8, 4) is 0 Å². The lowest BCUT2D eigenvalue weighted by Crippen LogP contribution is -3.03. The fraction of sp³-hybridized carbons (Fsp3) is 0.750. The molecule has 1 atom stereocenters. The Morgan fingerprint density at radius 3 is 2.32 bits per heavy atom. The maximum atomic E-state index is 10.4. The zero-order valence-electron chi connectivity index (χ0n) is 10.5. The maximum Gasteiger partial charge on any atom is 0.264 e. The number of nitrogens with one attached hydrogen (secondary N) is 1. The molecule has 0 fully saturated rings. The quantitative estimate of drug-likeness (QED) is 0.245. The van der Waals surface area contributed by atoms with Gasteiger partial charge in [-0.1, -0.05) is 0 Å². The Labute approximate surface area is 112 Å². The van der Waals surface area contributed by atoms with Gasteiger partial charge in [0, 0.05) is 6.54 Å². The molecule has 114 valence electrons. The summed E-state index contributed by atoms with van der Waals surface area (Å²) in [6.45, 7) is 1.79. The van der Waals surface area contributed by atoms with Crippen LogP contribution < -0.4 is 9.79 Å². The molecule has 4 N–H and O–H groups in total. The summed E-state index contributed by atoms with van der Waals surface area (Å²) in [5, 5.41) is 0. The molecule has 0 aliphatic carbocycles. The highest BCUT2D eigenvalue weighted by Crippen LogP contribution is 2.18. The van der Waals surface area contributed by atoms with Gasteiger partial charge in [0.15, 0.2) is 6.67 Å². The Balaban J connectivity index is 0.000000555. The van der Waals surface area contributed by atoms with E-state index in [-0.39, 0.29) is 5.75 Å². The van der Waals surface area contributed by atoms with Gasteiger partial charge in [-0.2, -0.15) is 8.42 Å². The maximum absolute atomic E-state index is 10.4. The monoisotopic (exact) mass is 318 g/mol. The van der Waals surface area contributed by atoms with Crippen molar-refractivity contribution in [2.24, 2.45) is 0 Å². The first-order valence-corrected chi connectivity index (χ1v) is 8.58. The minimum Gasteiger partial charge on any atom is -0.756 e. The Hall–Kier alpha value is -0.480. The van der Waals surface area contributed by atoms with Crippen LogP contribution in [0.15, 0.2) is 12.4 Å². The number of quaternary nitrogens is 1. The van der Waals surface area contributed by atoms with Crippen molar-refractivity contribution in [3.63, 3.8) is 0 Å². The highest BCUT2D eigenvalue weighted by Gasteiger charge is 2.12. The van der Waals surface area contributed by atoms with Crippen LogP contribution in [0.4, 0.5) is 0 Å². The fourth-order valence-electron chi connectivity index (χ4n) is 1.41. The summed E-state index contributed by atoms with van der Waals surface area (Å²) >= 11 is 0. The summed E-state index contributed by atoms with van der Waals surface area (Å²) in [6.07, 6.45) is 5.38. The van der Waals surface area contributed by atoms with Crippen molar-refractivity contribution in [1.82, 2.24) is 4.90 Å². The largest absolute Gasteiger partial charge is 0.756 e. The third kappa shape index (κ3) is 15.5. The number of phosphoric acid groups is 1. The SMILES string of the molecule is C[NH+]1C=CN(CCCCS(=O)(=O)O)C1.O=P([O-])(O)O. The van der Waals surface area contributed by atoms with Gasteiger partial charge in [-0.3, -0.25) is 14.0 Å². The molecule has 0 radical (unpaired) electrons. The van der Waals surface area contributed by atoms with Crippen LogP contribution in [0.3, 0.4) is 0 Å². The molecule has 0 amide bonds. The first-order valence-electron chi connectivity index (χ1n) is 5.44. The Bertz CT molecular complexity index is 424. The Morgan fingerprint density at radius 2 is 1.95 bits per heavy atom. The van der Waals surface area contributed by atoms with Crippen molar-refractivity contribution in [3.05, 3.63) is 12.4 Å². The summed E-state index contributed by atoms with van der Waals surface area (Å²) < 4.78 is 38.1. The molecule has 0 bridgehead atoms. The van der Waals surface area contributed by atoms with Gasteiger partial charge in [-0.05, 0) is 12.8 Å². The molecule has 0 aromatic carbocycles. The molecular weight excluding hydrogens is 299 g/mol. The molecule has 0 aromatic heterocycles. The zero-order valence-corrected chi connectivity index (χ0v) is 12.2. The molecule has 19 heavy (non-hydrogen) atoms. The highest BCUT2D eigenvalue weighted by molar-refractivity contribution is 7.85. The number of nitrogens with zero attached hydrogens (tertiary/aromatic N) is 1. The molecule has 0 saturated carbocycles. The van der Waals surface area contributed by atoms with E-state index < -0.39 is 17.9 Å². The van der Waals surface area contributed by atoms with E-state index in [4.69, 9.17) is 23.8 Å². The molecule has 1 aliphatic rings. The van der Waals surface area contributed by atoms with E-state index in [1.165, 1.54) is 4.90 Å². The van der Waals surface area contributed by atoms with E-state index in [0.29, 0.717) is 6.42 Å². The van der Waals surface area contributed by atoms with Crippen LogP contribution in [-0.4, -0.2) is 53.7 Å². The lowest BCUT2D eigenvalue weighted by molar-refractivity contribution is -0.826. The number of rotatable bonds is 5. The van der Waals surface area contributed by atoms with E-state index in [2.05, 4.69) is 18.1 Å². The average molecular weight is 318 g/mol. The van der Waals surface area contributed by atoms with Gasteiger partial charge < -0.3 is 19.6 Å². The summed E-state index contributed by atoms with van der Waals surface area (Å²) in [4.78, 5) is 26.4. The average Bonchev–Trinajstić information content (AvgIpc) is 2.55. The second kappa shape index (κ2) is 7.95. The summed E-state index contributed by atoms with van der Waals surface area (Å²) in [7, 11) is -6.60. The van der Waals surface area contributed by atoms with Crippen LogP contribution in [-0.2, 0) is 14.7 Å². The van der Waals surface area contributed by atoms with Crippen LogP contribution >= 0.6 is 7.82 Å². The zero-order chi connectivity index (χ0) is 15.1. The number of unbranched alkanes of at least 4 members (excludes halogenated alkanes) is 1. The van der Waals surface area contributed by atoms with Crippen LogP contribution in [0.5, 0.6) is 0 Å². The van der Waals surface area contributed by atoms with E-state index in [1.54, 1.807) is 0 Å². The minimum atomic E-state index is -4.89. The standard InChI is InChI=1S/C8H16N2O3S.H3O4P/c1-9-5-6-10(8-9)4-2-3-7-14(11,12)13;1-5(2,3)4/h5-6H,2-4,7-8H2,1H3,(H,11,12,13);(H3,1,2,3,4). The summed E-state index contributed by atoms with van der Waals surface area (Å²) in [5.74, 6) is -0.132. The van der Waals surface area contributed by atoms with Gasteiger partial charge in [0.05, 0.1) is 19.0 Å². The normalized spacial score (nSPS) is 19.2. The van der Waals surface area contributed by atoms with Crippen LogP contribution in [0.25, 0.3) is 0 Å². The molecule has 9 nitrogen and oxygen atoms in total. The summed E-state index contributed by atoms with van der Waals surface area (Å²) in [5.41, 5.74) is 0. The third-order valence-corrected chi connectivity index (χ3v) is 2.92. The van der Waals surface area contributed by atoms with Crippen molar-refractivity contribution in [1.29, 1.82) is 0 Å². The predicted molar refractivity (Wildman–Crippen MR) is 65.3 cm³/mol. The van der Waals surface area contributed by atoms with Gasteiger partial charge in [-0.25, -0.2) is 0 Å². The van der Waals surface area contributed by atoms with Gasteiger partial charge in [0.25, 0.3) is 17.9 Å². The van der Waals surface area contributed by atoms with E-state index in [1.807, 2.05) is 6.20 Å². The summed E-state index contributed by atoms with van der Waals surface area (Å²) in [6, 6.07) is 0. The van der Waals surface area contributed by atoms with Crippen LogP contribution in [0.1, 0.15) is 12.8 Å². The lowest BCUT2D eigenvalue weighted by Gasteiger charge is -2.13. The van der Waals surface area contributed by atoms with Gasteiger partial charge in [0.2, 0.25) is 0 Å². The highest BCUT2D eigenvalue weighted by atomic mass is 32.2. The van der Waals surface area contributed by atoms with Gasteiger partial charge in [-0.15, -0.1) is 0 Å². The lowest BCUT2D eigenvalue weighted by atomic mass is 10.3. The second-order valence-corrected chi connectivity index (χ2v) is 6.67. The molecule has 1 unspecified atom stereocenters. The topological polar surface area (TPSA) is 143 Å². The van der Waals surface area contributed by atoms with Crippen molar-refractivity contribution < 1.29 is 37.1 Å². The van der Waals surface area contributed by atoms with E-state index in [9.17, 15) is 8.42 Å². The smallest absolute Gasteiger partial charge is 0.264 e. The number of hydrogen-bond donors (Lipinski definition) is 4. The molecule has 0 aromatic rings. The van der Waals surface area contributed by atoms with E-state index >= 15 is 0 Å². The Morgan fingerprint density at radius 1 is 1.42 bits per heavy atom.